The Bertz CT molecular complexity index is 835. The number of hydrogen-bond donors (Lipinski definition) is 0. The van der Waals surface area contributed by atoms with E-state index in [0.29, 0.717) is 12.1 Å². The fraction of sp³-hybridized carbons (Fsp3) is 0.474. The van der Waals surface area contributed by atoms with Gasteiger partial charge >= 0.3 is 0 Å². The van der Waals surface area contributed by atoms with Crippen LogP contribution in [0.25, 0.3) is 10.9 Å². The molecule has 1 fully saturated rings. The molecule has 0 N–H and O–H groups in total. The van der Waals surface area contributed by atoms with Crippen LogP contribution >= 0.6 is 0 Å². The highest BCUT2D eigenvalue weighted by Crippen LogP contribution is 2.62. The van der Waals surface area contributed by atoms with E-state index in [1.165, 1.54) is 23.9 Å². The van der Waals surface area contributed by atoms with Crippen molar-refractivity contribution in [2.24, 2.45) is 5.41 Å². The van der Waals surface area contributed by atoms with Gasteiger partial charge in [-0.15, -0.1) is 0 Å². The van der Waals surface area contributed by atoms with Crippen LogP contribution in [0.15, 0.2) is 36.4 Å². The predicted octanol–water partition coefficient (Wildman–Crippen LogP) is 3.42. The molecule has 0 saturated carbocycles. The first-order valence-electron chi connectivity index (χ1n) is 8.48. The van der Waals surface area contributed by atoms with Gasteiger partial charge in [-0.3, -0.25) is 4.90 Å². The molecule has 2 bridgehead atoms. The lowest BCUT2D eigenvalue weighted by molar-refractivity contribution is -0.00134. The molecule has 22 heavy (non-hydrogen) atoms. The molecule has 0 aliphatic carbocycles. The number of para-hydroxylation sites is 1. The molecular weight excluding hydrogens is 272 g/mol. The highest BCUT2D eigenvalue weighted by atomic mass is 16.5. The summed E-state index contributed by atoms with van der Waals surface area (Å²) in [5.41, 5.74) is 4.69. The van der Waals surface area contributed by atoms with Gasteiger partial charge in [-0.05, 0) is 25.0 Å². The smallest absolute Gasteiger partial charge is 0.135 e. The van der Waals surface area contributed by atoms with Gasteiger partial charge in [0.2, 0.25) is 0 Å². The van der Waals surface area contributed by atoms with E-state index in [0.717, 1.165) is 13.0 Å². The minimum absolute atomic E-state index is 0.183. The molecule has 1 aromatic carbocycles. The van der Waals surface area contributed by atoms with Crippen LogP contribution in [0.1, 0.15) is 36.9 Å². The Morgan fingerprint density at radius 3 is 3.14 bits per heavy atom. The molecule has 112 valence electrons. The molecule has 1 saturated heterocycles. The topological polar surface area (TPSA) is 17.4 Å². The van der Waals surface area contributed by atoms with Crippen molar-refractivity contribution in [2.45, 2.75) is 38.1 Å². The van der Waals surface area contributed by atoms with Gasteiger partial charge < -0.3 is 9.30 Å². The van der Waals surface area contributed by atoms with E-state index in [9.17, 15) is 0 Å². The summed E-state index contributed by atoms with van der Waals surface area (Å²) in [6.07, 6.45) is 7.66. The molecule has 5 heterocycles. The average Bonchev–Trinajstić information content (AvgIpc) is 3.01. The minimum atomic E-state index is 0.183. The molecule has 4 aliphatic heterocycles. The molecule has 3 nitrogen and oxygen atoms in total. The zero-order valence-electron chi connectivity index (χ0n) is 12.8. The Balaban J connectivity index is 1.77. The van der Waals surface area contributed by atoms with Crippen molar-refractivity contribution in [1.29, 1.82) is 0 Å². The number of aromatic nitrogens is 1. The lowest BCUT2D eigenvalue weighted by Crippen LogP contribution is -2.51. The molecule has 1 aromatic heterocycles. The first kappa shape index (κ1) is 11.9. The van der Waals surface area contributed by atoms with Crippen LogP contribution in [0.2, 0.25) is 0 Å². The molecule has 4 atom stereocenters. The largest absolute Gasteiger partial charge is 0.354 e. The van der Waals surface area contributed by atoms with Gasteiger partial charge in [0, 0.05) is 36.0 Å². The Labute approximate surface area is 130 Å². The summed E-state index contributed by atoms with van der Waals surface area (Å²) < 4.78 is 8.98. The van der Waals surface area contributed by atoms with Crippen LogP contribution in [0.3, 0.4) is 0 Å². The summed E-state index contributed by atoms with van der Waals surface area (Å²) in [5, 5.41) is 1.45. The Hall–Kier alpha value is -1.58. The van der Waals surface area contributed by atoms with Crippen LogP contribution in [-0.4, -0.2) is 28.7 Å². The van der Waals surface area contributed by atoms with Crippen molar-refractivity contribution >= 4 is 10.9 Å². The van der Waals surface area contributed by atoms with Crippen LogP contribution in [0.4, 0.5) is 0 Å². The first-order chi connectivity index (χ1) is 10.8. The first-order valence-corrected chi connectivity index (χ1v) is 8.48. The van der Waals surface area contributed by atoms with Gasteiger partial charge in [0.05, 0.1) is 17.7 Å². The Kier molecular flexibility index (Phi) is 1.98. The van der Waals surface area contributed by atoms with E-state index >= 15 is 0 Å². The zero-order valence-corrected chi connectivity index (χ0v) is 12.8. The molecule has 3 heteroatoms. The number of rotatable bonds is 0. The fourth-order valence-corrected chi connectivity index (χ4v) is 5.64. The van der Waals surface area contributed by atoms with Crippen LogP contribution < -0.4 is 0 Å². The standard InChI is InChI=1S/C19H20N2O/c1-12-19-8-4-9-20-10-7-14-13-5-2-3-6-15(13)21(16(11-19)22-12)17(14)18(19)20/h2-6,8,12,16,18H,7,9-11H2,1H3. The van der Waals surface area contributed by atoms with Crippen molar-refractivity contribution in [3.63, 3.8) is 0 Å². The van der Waals surface area contributed by atoms with Crippen molar-refractivity contribution < 1.29 is 4.74 Å². The second kappa shape index (κ2) is 3.66. The van der Waals surface area contributed by atoms with Crippen LogP contribution in [-0.2, 0) is 11.2 Å². The number of ether oxygens (including phenoxy) is 1. The lowest BCUT2D eigenvalue weighted by Gasteiger charge is -2.50. The van der Waals surface area contributed by atoms with Gasteiger partial charge in [0.25, 0.3) is 0 Å². The van der Waals surface area contributed by atoms with Crippen molar-refractivity contribution in [2.75, 3.05) is 13.1 Å². The molecule has 0 amide bonds. The quantitative estimate of drug-likeness (QED) is 0.692. The summed E-state index contributed by atoms with van der Waals surface area (Å²) in [6.45, 7) is 4.54. The fourth-order valence-electron chi connectivity index (χ4n) is 5.64. The van der Waals surface area contributed by atoms with Gasteiger partial charge in [-0.1, -0.05) is 30.4 Å². The van der Waals surface area contributed by atoms with E-state index in [1.807, 2.05) is 0 Å². The van der Waals surface area contributed by atoms with Crippen LogP contribution in [0.5, 0.6) is 0 Å². The molecule has 0 radical (unpaired) electrons. The SMILES string of the molecule is CC1OC2CC13C=CCN1CCc4c(n2c2ccccc42)C13. The summed E-state index contributed by atoms with van der Waals surface area (Å²) in [4.78, 5) is 2.68. The van der Waals surface area contributed by atoms with Gasteiger partial charge in [-0.25, -0.2) is 0 Å². The second-order valence-corrected chi connectivity index (χ2v) is 7.35. The molecule has 1 spiro atoms. The van der Waals surface area contributed by atoms with Crippen LogP contribution in [0, 0.1) is 5.41 Å². The van der Waals surface area contributed by atoms with E-state index in [2.05, 4.69) is 52.8 Å². The maximum atomic E-state index is 6.45. The third kappa shape index (κ3) is 1.13. The van der Waals surface area contributed by atoms with Crippen molar-refractivity contribution in [1.82, 2.24) is 9.47 Å². The highest BCUT2D eigenvalue weighted by Gasteiger charge is 2.59. The number of nitrogens with zero attached hydrogens (tertiary/aromatic N) is 2. The van der Waals surface area contributed by atoms with E-state index < -0.39 is 0 Å². The lowest BCUT2D eigenvalue weighted by atomic mass is 9.67. The molecular formula is C19H20N2O. The van der Waals surface area contributed by atoms with E-state index in [1.54, 1.807) is 11.3 Å². The minimum Gasteiger partial charge on any atom is -0.354 e. The van der Waals surface area contributed by atoms with Gasteiger partial charge in [0.15, 0.2) is 0 Å². The number of fused-ring (bicyclic) bond motifs is 5. The summed E-state index contributed by atoms with van der Waals surface area (Å²) >= 11 is 0. The second-order valence-electron chi connectivity index (χ2n) is 7.35. The molecule has 6 rings (SSSR count). The predicted molar refractivity (Wildman–Crippen MR) is 85.7 cm³/mol. The maximum absolute atomic E-state index is 6.45. The molecule has 4 unspecified atom stereocenters. The summed E-state index contributed by atoms with van der Waals surface area (Å²) in [6, 6.07) is 9.41. The van der Waals surface area contributed by atoms with E-state index in [4.69, 9.17) is 4.74 Å². The van der Waals surface area contributed by atoms with Gasteiger partial charge in [0.1, 0.15) is 6.23 Å². The number of hydrogen-bond acceptors (Lipinski definition) is 2. The Morgan fingerprint density at radius 2 is 2.18 bits per heavy atom. The highest BCUT2D eigenvalue weighted by molar-refractivity contribution is 5.86. The zero-order chi connectivity index (χ0) is 14.5. The molecule has 2 aromatic rings. The van der Waals surface area contributed by atoms with Crippen molar-refractivity contribution in [3.8, 4) is 0 Å². The van der Waals surface area contributed by atoms with Crippen molar-refractivity contribution in [3.05, 3.63) is 47.7 Å². The third-order valence-electron chi connectivity index (χ3n) is 6.54. The number of benzene rings is 1. The average molecular weight is 292 g/mol. The van der Waals surface area contributed by atoms with E-state index in [-0.39, 0.29) is 11.6 Å². The normalized spacial score (nSPS) is 38.5. The third-order valence-corrected chi connectivity index (χ3v) is 6.54. The summed E-state index contributed by atoms with van der Waals surface area (Å²) in [5.74, 6) is 0. The Morgan fingerprint density at radius 1 is 1.27 bits per heavy atom. The maximum Gasteiger partial charge on any atom is 0.135 e. The molecule has 4 aliphatic rings. The summed E-state index contributed by atoms with van der Waals surface area (Å²) in [7, 11) is 0. The monoisotopic (exact) mass is 292 g/mol. The van der Waals surface area contributed by atoms with Gasteiger partial charge in [-0.2, -0.15) is 0 Å².